The second-order valence-corrected chi connectivity index (χ2v) is 6.90. The van der Waals surface area contributed by atoms with Gasteiger partial charge in [0.05, 0.1) is 6.20 Å². The van der Waals surface area contributed by atoms with Gasteiger partial charge in [0.1, 0.15) is 0 Å². The number of piperidine rings is 1. The first-order chi connectivity index (χ1) is 12.8. The fourth-order valence-corrected chi connectivity index (χ4v) is 3.58. The molecule has 1 fully saturated rings. The monoisotopic (exact) mass is 352 g/mol. The third-order valence-corrected chi connectivity index (χ3v) is 4.97. The Kier molecular flexibility index (Phi) is 4.97. The molecule has 136 valence electrons. The van der Waals surface area contributed by atoms with Crippen molar-refractivity contribution in [3.63, 3.8) is 0 Å². The molecule has 1 atom stereocenters. The summed E-state index contributed by atoms with van der Waals surface area (Å²) < 4.78 is 1.78. The van der Waals surface area contributed by atoms with E-state index in [1.807, 2.05) is 18.3 Å². The average molecular weight is 352 g/mol. The largest absolute Gasteiger partial charge is 0.361 e. The van der Waals surface area contributed by atoms with Crippen LogP contribution >= 0.6 is 0 Å². The van der Waals surface area contributed by atoms with Crippen molar-refractivity contribution < 1.29 is 4.79 Å². The molecule has 4 rings (SSSR count). The lowest BCUT2D eigenvalue weighted by molar-refractivity contribution is 0.0949. The Morgan fingerprint density at radius 3 is 3.15 bits per heavy atom. The van der Waals surface area contributed by atoms with Gasteiger partial charge in [0.25, 0.3) is 5.91 Å². The predicted molar refractivity (Wildman–Crippen MR) is 100.0 cm³/mol. The van der Waals surface area contributed by atoms with Crippen LogP contribution in [0.5, 0.6) is 0 Å². The van der Waals surface area contributed by atoms with Gasteiger partial charge in [0, 0.05) is 30.2 Å². The van der Waals surface area contributed by atoms with E-state index in [1.54, 1.807) is 10.9 Å². The van der Waals surface area contributed by atoms with Crippen molar-refractivity contribution >= 4 is 16.8 Å². The summed E-state index contributed by atoms with van der Waals surface area (Å²) in [5.41, 5.74) is 2.70. The molecule has 2 aromatic heterocycles. The Morgan fingerprint density at radius 2 is 2.27 bits per heavy atom. The first kappa shape index (κ1) is 16.8. The average Bonchev–Trinajstić information content (AvgIpc) is 3.30. The minimum atomic E-state index is -0.169. The molecule has 7 heteroatoms. The van der Waals surface area contributed by atoms with Crippen LogP contribution in [-0.4, -0.2) is 45.5 Å². The number of carbonyl (C=O) groups excluding carboxylic acids is 1. The zero-order valence-electron chi connectivity index (χ0n) is 14.7. The number of fused-ring (bicyclic) bond motifs is 1. The van der Waals surface area contributed by atoms with Crippen LogP contribution in [0.15, 0.2) is 36.7 Å². The highest BCUT2D eigenvalue weighted by Gasteiger charge is 2.16. The number of carbonyl (C=O) groups is 1. The second kappa shape index (κ2) is 7.70. The van der Waals surface area contributed by atoms with E-state index >= 15 is 0 Å². The number of nitrogens with one attached hydrogen (secondary N) is 3. The van der Waals surface area contributed by atoms with Crippen molar-refractivity contribution in [3.8, 4) is 0 Å². The van der Waals surface area contributed by atoms with Crippen LogP contribution < -0.4 is 10.6 Å². The lowest BCUT2D eigenvalue weighted by atomic mass is 10.00. The molecule has 1 aromatic carbocycles. The van der Waals surface area contributed by atoms with E-state index in [-0.39, 0.29) is 5.91 Å². The van der Waals surface area contributed by atoms with Crippen LogP contribution in [0.2, 0.25) is 0 Å². The number of rotatable bonds is 6. The highest BCUT2D eigenvalue weighted by molar-refractivity contribution is 5.91. The molecule has 3 N–H and O–H groups in total. The lowest BCUT2D eigenvalue weighted by Crippen LogP contribution is -2.32. The molecule has 0 radical (unpaired) electrons. The Balaban J connectivity index is 1.29. The summed E-state index contributed by atoms with van der Waals surface area (Å²) in [6, 6.07) is 8.18. The number of H-pyrrole nitrogens is 1. The summed E-state index contributed by atoms with van der Waals surface area (Å²) in [5, 5.41) is 15.7. The second-order valence-electron chi connectivity index (χ2n) is 6.90. The standard InChI is InChI=1S/C19H24N6O/c26-19(18-13-25(24-23-18)12-14-4-3-8-20-10-14)21-9-7-15-11-22-17-6-2-1-5-16(15)17/h1-2,5-6,11,13-14,20,22H,3-4,7-10,12H2,(H,21,26)/t14-/m0/s1. The summed E-state index contributed by atoms with van der Waals surface area (Å²) >= 11 is 0. The summed E-state index contributed by atoms with van der Waals surface area (Å²) in [5.74, 6) is 0.390. The number of hydrogen-bond acceptors (Lipinski definition) is 4. The molecule has 1 aliphatic rings. The van der Waals surface area contributed by atoms with Crippen molar-refractivity contribution in [2.75, 3.05) is 19.6 Å². The smallest absolute Gasteiger partial charge is 0.273 e. The Bertz CT molecular complexity index is 877. The predicted octanol–water partition coefficient (Wildman–Crippen LogP) is 1.73. The molecule has 7 nitrogen and oxygen atoms in total. The summed E-state index contributed by atoms with van der Waals surface area (Å²) in [7, 11) is 0. The van der Waals surface area contributed by atoms with Crippen LogP contribution in [-0.2, 0) is 13.0 Å². The SMILES string of the molecule is O=C(NCCc1c[nH]c2ccccc12)c1cn(C[C@H]2CCCNC2)nn1. The molecule has 26 heavy (non-hydrogen) atoms. The van der Waals surface area contributed by atoms with Gasteiger partial charge in [-0.05, 0) is 49.9 Å². The minimum Gasteiger partial charge on any atom is -0.361 e. The number of aromatic amines is 1. The molecule has 0 saturated carbocycles. The van der Waals surface area contributed by atoms with Crippen molar-refractivity contribution in [2.24, 2.45) is 5.92 Å². The van der Waals surface area contributed by atoms with Gasteiger partial charge in [-0.25, -0.2) is 0 Å². The van der Waals surface area contributed by atoms with Gasteiger partial charge >= 0.3 is 0 Å². The molecule has 3 heterocycles. The minimum absolute atomic E-state index is 0.169. The molecular weight excluding hydrogens is 328 g/mol. The van der Waals surface area contributed by atoms with Gasteiger partial charge in [-0.15, -0.1) is 5.10 Å². The molecule has 1 amide bonds. The zero-order chi connectivity index (χ0) is 17.8. The van der Waals surface area contributed by atoms with Gasteiger partial charge in [0.15, 0.2) is 5.69 Å². The molecule has 1 aliphatic heterocycles. The van der Waals surface area contributed by atoms with E-state index in [0.717, 1.165) is 31.6 Å². The number of para-hydroxylation sites is 1. The van der Waals surface area contributed by atoms with Gasteiger partial charge in [-0.2, -0.15) is 0 Å². The molecule has 0 bridgehead atoms. The number of amides is 1. The molecule has 0 aliphatic carbocycles. The molecule has 3 aromatic rings. The van der Waals surface area contributed by atoms with Gasteiger partial charge in [0.2, 0.25) is 0 Å². The van der Waals surface area contributed by atoms with Crippen LogP contribution in [0.3, 0.4) is 0 Å². The fraction of sp³-hybridized carbons (Fsp3) is 0.421. The highest BCUT2D eigenvalue weighted by Crippen LogP contribution is 2.17. The topological polar surface area (TPSA) is 87.6 Å². The van der Waals surface area contributed by atoms with E-state index in [4.69, 9.17) is 0 Å². The molecule has 0 spiro atoms. The number of benzene rings is 1. The van der Waals surface area contributed by atoms with E-state index in [9.17, 15) is 4.79 Å². The number of hydrogen-bond donors (Lipinski definition) is 3. The van der Waals surface area contributed by atoms with E-state index in [2.05, 4.69) is 38.1 Å². The maximum Gasteiger partial charge on any atom is 0.273 e. The third-order valence-electron chi connectivity index (χ3n) is 4.97. The highest BCUT2D eigenvalue weighted by atomic mass is 16.2. The van der Waals surface area contributed by atoms with E-state index in [0.29, 0.717) is 18.2 Å². The van der Waals surface area contributed by atoms with E-state index in [1.165, 1.54) is 23.8 Å². The van der Waals surface area contributed by atoms with Crippen molar-refractivity contribution in [1.82, 2.24) is 30.6 Å². The van der Waals surface area contributed by atoms with E-state index < -0.39 is 0 Å². The number of aromatic nitrogens is 4. The molecule has 1 saturated heterocycles. The van der Waals surface area contributed by atoms with Crippen LogP contribution in [0, 0.1) is 5.92 Å². The van der Waals surface area contributed by atoms with Crippen molar-refractivity contribution in [1.29, 1.82) is 0 Å². The normalized spacial score (nSPS) is 17.5. The van der Waals surface area contributed by atoms with Crippen molar-refractivity contribution in [3.05, 3.63) is 47.9 Å². The van der Waals surface area contributed by atoms with Crippen molar-refractivity contribution in [2.45, 2.75) is 25.8 Å². The van der Waals surface area contributed by atoms with Gasteiger partial charge in [-0.1, -0.05) is 23.4 Å². The first-order valence-electron chi connectivity index (χ1n) is 9.23. The Hall–Kier alpha value is -2.67. The maximum atomic E-state index is 12.3. The van der Waals surface area contributed by atoms with Crippen LogP contribution in [0.1, 0.15) is 28.9 Å². The quantitative estimate of drug-likeness (QED) is 0.630. The summed E-state index contributed by atoms with van der Waals surface area (Å²) in [4.78, 5) is 15.6. The van der Waals surface area contributed by atoms with Gasteiger partial charge in [-0.3, -0.25) is 9.48 Å². The molecular formula is C19H24N6O. The molecule has 0 unspecified atom stereocenters. The first-order valence-corrected chi connectivity index (χ1v) is 9.23. The lowest BCUT2D eigenvalue weighted by Gasteiger charge is -2.22. The fourth-order valence-electron chi connectivity index (χ4n) is 3.58. The van der Waals surface area contributed by atoms with Gasteiger partial charge < -0.3 is 15.6 Å². The summed E-state index contributed by atoms with van der Waals surface area (Å²) in [6.45, 7) is 3.48. The third kappa shape index (κ3) is 3.77. The Labute approximate surface area is 152 Å². The maximum absolute atomic E-state index is 12.3. The van der Waals surface area contributed by atoms with Crippen LogP contribution in [0.25, 0.3) is 10.9 Å². The summed E-state index contributed by atoms with van der Waals surface area (Å²) in [6.07, 6.45) is 6.91. The Morgan fingerprint density at radius 1 is 1.35 bits per heavy atom. The number of nitrogens with zero attached hydrogens (tertiary/aromatic N) is 3. The zero-order valence-corrected chi connectivity index (χ0v) is 14.7. The van der Waals surface area contributed by atoms with Crippen LogP contribution in [0.4, 0.5) is 0 Å².